The molecule has 1 aliphatic carbocycles. The molecule has 0 aromatic heterocycles. The molecule has 0 saturated heterocycles. The average Bonchev–Trinajstić information content (AvgIpc) is 3.06. The van der Waals surface area contributed by atoms with Gasteiger partial charge in [0.15, 0.2) is 0 Å². The number of hydrogen-bond acceptors (Lipinski definition) is 1. The topological polar surface area (TPSA) is 20.2 Å². The van der Waals surface area contributed by atoms with Crippen LogP contribution >= 0.6 is 0 Å². The number of halogens is 2. The third kappa shape index (κ3) is 2.59. The fourth-order valence-corrected chi connectivity index (χ4v) is 2.05. The zero-order valence-electron chi connectivity index (χ0n) is 9.29. The second-order valence-corrected chi connectivity index (χ2v) is 4.70. The van der Waals surface area contributed by atoms with Crippen LogP contribution in [-0.4, -0.2) is 11.2 Å². The van der Waals surface area contributed by atoms with Gasteiger partial charge in [-0.25, -0.2) is 8.78 Å². The maximum absolute atomic E-state index is 13.3. The lowest BCUT2D eigenvalue weighted by molar-refractivity contribution is 0.104. The van der Waals surface area contributed by atoms with Gasteiger partial charge in [-0.15, -0.1) is 0 Å². The lowest BCUT2D eigenvalue weighted by atomic mass is 9.93. The van der Waals surface area contributed by atoms with E-state index in [1.165, 1.54) is 0 Å². The zero-order valence-corrected chi connectivity index (χ0v) is 9.29. The van der Waals surface area contributed by atoms with Crippen LogP contribution in [0.5, 0.6) is 0 Å². The van der Waals surface area contributed by atoms with Gasteiger partial charge >= 0.3 is 0 Å². The fourth-order valence-electron chi connectivity index (χ4n) is 2.05. The molecule has 0 bridgehead atoms. The Bertz CT molecular complexity index is 374. The van der Waals surface area contributed by atoms with E-state index in [0.717, 1.165) is 31.0 Å². The predicted octanol–water partition coefficient (Wildman–Crippen LogP) is 2.91. The van der Waals surface area contributed by atoms with Crippen LogP contribution in [0.1, 0.15) is 25.3 Å². The lowest BCUT2D eigenvalue weighted by Crippen LogP contribution is -2.22. The van der Waals surface area contributed by atoms with Gasteiger partial charge in [-0.3, -0.25) is 0 Å². The highest BCUT2D eigenvalue weighted by Crippen LogP contribution is 2.38. The molecule has 2 unspecified atom stereocenters. The van der Waals surface area contributed by atoms with E-state index in [0.29, 0.717) is 5.92 Å². The molecule has 1 fully saturated rings. The minimum atomic E-state index is -0.580. The Labute approximate surface area is 94.1 Å². The summed E-state index contributed by atoms with van der Waals surface area (Å²) in [4.78, 5) is 0. The summed E-state index contributed by atoms with van der Waals surface area (Å²) in [5.74, 6) is -0.166. The van der Waals surface area contributed by atoms with Gasteiger partial charge in [0.2, 0.25) is 0 Å². The summed E-state index contributed by atoms with van der Waals surface area (Å²) in [5.41, 5.74) is 0.264. The van der Waals surface area contributed by atoms with Gasteiger partial charge in [-0.05, 0) is 48.4 Å². The van der Waals surface area contributed by atoms with Crippen LogP contribution in [0.2, 0.25) is 0 Å². The molecule has 1 saturated carbocycles. The van der Waals surface area contributed by atoms with E-state index in [1.807, 2.05) is 6.92 Å². The molecule has 0 aliphatic heterocycles. The largest absolute Gasteiger partial charge is 0.392 e. The molecule has 1 aliphatic rings. The third-order valence-electron chi connectivity index (χ3n) is 3.41. The van der Waals surface area contributed by atoms with Crippen molar-refractivity contribution in [2.75, 3.05) is 0 Å². The molecule has 1 N–H and O–H groups in total. The molecule has 2 atom stereocenters. The van der Waals surface area contributed by atoms with Crippen molar-refractivity contribution in [2.45, 2.75) is 32.3 Å². The van der Waals surface area contributed by atoms with E-state index >= 15 is 0 Å². The molecule has 0 radical (unpaired) electrons. The molecule has 0 amide bonds. The molecule has 0 heterocycles. The Morgan fingerprint density at radius 1 is 1.38 bits per heavy atom. The van der Waals surface area contributed by atoms with Gasteiger partial charge in [0.25, 0.3) is 0 Å². The van der Waals surface area contributed by atoms with Crippen molar-refractivity contribution in [1.29, 1.82) is 0 Å². The molecular formula is C13H16F2O. The first-order chi connectivity index (χ1) is 7.58. The van der Waals surface area contributed by atoms with Gasteiger partial charge in [-0.1, -0.05) is 6.92 Å². The highest BCUT2D eigenvalue weighted by Gasteiger charge is 2.32. The van der Waals surface area contributed by atoms with Gasteiger partial charge < -0.3 is 5.11 Å². The van der Waals surface area contributed by atoms with Gasteiger partial charge in [0.05, 0.1) is 6.10 Å². The van der Waals surface area contributed by atoms with Crippen LogP contribution in [-0.2, 0) is 6.42 Å². The van der Waals surface area contributed by atoms with Crippen LogP contribution < -0.4 is 0 Å². The van der Waals surface area contributed by atoms with Crippen molar-refractivity contribution in [3.05, 3.63) is 35.4 Å². The smallest absolute Gasteiger partial charge is 0.126 e. The van der Waals surface area contributed by atoms with Crippen molar-refractivity contribution in [2.24, 2.45) is 11.8 Å². The van der Waals surface area contributed by atoms with E-state index < -0.39 is 17.7 Å². The van der Waals surface area contributed by atoms with Crippen LogP contribution in [0.3, 0.4) is 0 Å². The summed E-state index contributed by atoms with van der Waals surface area (Å²) in [5, 5.41) is 9.91. The third-order valence-corrected chi connectivity index (χ3v) is 3.41. The maximum atomic E-state index is 13.3. The number of rotatable bonds is 4. The Kier molecular flexibility index (Phi) is 3.24. The number of hydrogen-bond donors (Lipinski definition) is 1. The van der Waals surface area contributed by atoms with Crippen molar-refractivity contribution in [3.8, 4) is 0 Å². The summed E-state index contributed by atoms with van der Waals surface area (Å²) in [6, 6.07) is 3.37. The first kappa shape index (κ1) is 11.5. The second-order valence-electron chi connectivity index (χ2n) is 4.70. The Hall–Kier alpha value is -0.960. The van der Waals surface area contributed by atoms with Crippen LogP contribution in [0.25, 0.3) is 0 Å². The first-order valence-corrected chi connectivity index (χ1v) is 5.70. The second kappa shape index (κ2) is 4.50. The lowest BCUT2D eigenvalue weighted by Gasteiger charge is -2.18. The van der Waals surface area contributed by atoms with Crippen LogP contribution in [0, 0.1) is 23.5 Å². The summed E-state index contributed by atoms with van der Waals surface area (Å²) < 4.78 is 26.3. The quantitative estimate of drug-likeness (QED) is 0.837. The van der Waals surface area contributed by atoms with Gasteiger partial charge in [0.1, 0.15) is 11.6 Å². The molecule has 16 heavy (non-hydrogen) atoms. The number of benzene rings is 1. The molecule has 3 heteroatoms. The van der Waals surface area contributed by atoms with E-state index in [2.05, 4.69) is 0 Å². The summed E-state index contributed by atoms with van der Waals surface area (Å²) >= 11 is 0. The molecule has 1 nitrogen and oxygen atoms in total. The summed E-state index contributed by atoms with van der Waals surface area (Å²) in [6.45, 7) is 1.97. The standard InChI is InChI=1S/C13H16F2O/c1-8(9-2-3-9)13(16)7-10-6-11(14)4-5-12(10)15/h4-6,8-9,13,16H,2-3,7H2,1H3. The van der Waals surface area contributed by atoms with Crippen molar-refractivity contribution >= 4 is 0 Å². The molecule has 0 spiro atoms. The van der Waals surface area contributed by atoms with Gasteiger partial charge in [0, 0.05) is 6.42 Å². The number of aliphatic hydroxyl groups excluding tert-OH is 1. The van der Waals surface area contributed by atoms with E-state index in [1.54, 1.807) is 0 Å². The monoisotopic (exact) mass is 226 g/mol. The average molecular weight is 226 g/mol. The molecule has 1 aromatic carbocycles. The van der Waals surface area contributed by atoms with Crippen molar-refractivity contribution < 1.29 is 13.9 Å². The summed E-state index contributed by atoms with van der Waals surface area (Å²) in [7, 11) is 0. The van der Waals surface area contributed by atoms with Gasteiger partial charge in [-0.2, -0.15) is 0 Å². The van der Waals surface area contributed by atoms with Crippen molar-refractivity contribution in [3.63, 3.8) is 0 Å². The first-order valence-electron chi connectivity index (χ1n) is 5.70. The normalized spacial score (nSPS) is 19.5. The Morgan fingerprint density at radius 2 is 2.06 bits per heavy atom. The summed E-state index contributed by atoms with van der Waals surface area (Å²) in [6.07, 6.45) is 1.90. The van der Waals surface area contributed by atoms with E-state index in [9.17, 15) is 13.9 Å². The van der Waals surface area contributed by atoms with E-state index in [-0.39, 0.29) is 17.9 Å². The van der Waals surface area contributed by atoms with Crippen LogP contribution in [0.15, 0.2) is 18.2 Å². The van der Waals surface area contributed by atoms with Crippen LogP contribution in [0.4, 0.5) is 8.78 Å². The Balaban J connectivity index is 2.04. The Morgan fingerprint density at radius 3 is 2.69 bits per heavy atom. The minimum absolute atomic E-state index is 0.169. The SMILES string of the molecule is CC(C(O)Cc1cc(F)ccc1F)C1CC1. The minimum Gasteiger partial charge on any atom is -0.392 e. The molecule has 88 valence electrons. The molecule has 1 aromatic rings. The highest BCUT2D eigenvalue weighted by atomic mass is 19.1. The molecule has 2 rings (SSSR count). The van der Waals surface area contributed by atoms with Crippen molar-refractivity contribution in [1.82, 2.24) is 0 Å². The zero-order chi connectivity index (χ0) is 11.7. The fraction of sp³-hybridized carbons (Fsp3) is 0.538. The maximum Gasteiger partial charge on any atom is 0.126 e. The predicted molar refractivity (Wildman–Crippen MR) is 58.0 cm³/mol. The highest BCUT2D eigenvalue weighted by molar-refractivity contribution is 5.19. The number of aliphatic hydroxyl groups is 1. The van der Waals surface area contributed by atoms with E-state index in [4.69, 9.17) is 0 Å². The molecular weight excluding hydrogens is 210 g/mol.